The lowest BCUT2D eigenvalue weighted by molar-refractivity contribution is 0.0988. The summed E-state index contributed by atoms with van der Waals surface area (Å²) in [6, 6.07) is 6.98. The fraction of sp³-hybridized carbons (Fsp3) is 0.125. The summed E-state index contributed by atoms with van der Waals surface area (Å²) >= 11 is 0. The van der Waals surface area contributed by atoms with Crippen LogP contribution in [0.15, 0.2) is 59.5 Å². The summed E-state index contributed by atoms with van der Waals surface area (Å²) in [5.74, 6) is -0.345. The number of hydrogen-bond donors (Lipinski definition) is 0. The summed E-state index contributed by atoms with van der Waals surface area (Å²) in [6.45, 7) is 1.95. The van der Waals surface area contributed by atoms with Gasteiger partial charge in [-0.25, -0.2) is 0 Å². The van der Waals surface area contributed by atoms with Gasteiger partial charge in [0.2, 0.25) is 0 Å². The smallest absolute Gasteiger partial charge is 0.198 e. The molecule has 3 rings (SSSR count). The van der Waals surface area contributed by atoms with Crippen molar-refractivity contribution in [1.29, 1.82) is 0 Å². The quantitative estimate of drug-likeness (QED) is 0.525. The molecule has 0 unspecified atom stereocenters. The van der Waals surface area contributed by atoms with Gasteiger partial charge in [0.15, 0.2) is 11.6 Å². The van der Waals surface area contributed by atoms with Gasteiger partial charge in [-0.15, -0.1) is 0 Å². The van der Waals surface area contributed by atoms with E-state index in [2.05, 4.69) is 0 Å². The Labute approximate surface area is 111 Å². The van der Waals surface area contributed by atoms with E-state index in [1.165, 1.54) is 0 Å². The Balaban J connectivity index is 2.18. The molecule has 1 aromatic carbocycles. The molecule has 3 heteroatoms. The lowest BCUT2D eigenvalue weighted by Crippen LogP contribution is -2.13. The molecule has 0 amide bonds. The molecule has 94 valence electrons. The van der Waals surface area contributed by atoms with Crippen molar-refractivity contribution >= 4 is 11.6 Å². The van der Waals surface area contributed by atoms with E-state index in [0.29, 0.717) is 16.7 Å². The molecule has 1 heterocycles. The molecule has 0 saturated heterocycles. The highest BCUT2D eigenvalue weighted by molar-refractivity contribution is 6.40. The SMILES string of the molecule is CC1=CC(=C2C(=O)c3ccccc3C2=O)C=CN1C. The van der Waals surface area contributed by atoms with Crippen LogP contribution in [0.4, 0.5) is 0 Å². The van der Waals surface area contributed by atoms with E-state index in [1.54, 1.807) is 24.3 Å². The molecule has 0 fully saturated rings. The van der Waals surface area contributed by atoms with Crippen LogP contribution in [-0.2, 0) is 0 Å². The first-order chi connectivity index (χ1) is 9.09. The van der Waals surface area contributed by atoms with Crippen LogP contribution < -0.4 is 0 Å². The molecule has 0 atom stereocenters. The minimum absolute atomic E-state index is 0.172. The van der Waals surface area contributed by atoms with Crippen molar-refractivity contribution in [3.63, 3.8) is 0 Å². The Bertz CT molecular complexity index is 655. The van der Waals surface area contributed by atoms with Gasteiger partial charge >= 0.3 is 0 Å². The first-order valence-electron chi connectivity index (χ1n) is 6.11. The number of benzene rings is 1. The molecule has 1 aliphatic heterocycles. The molecule has 0 aromatic heterocycles. The number of ketones is 2. The van der Waals surface area contributed by atoms with Crippen molar-refractivity contribution in [3.8, 4) is 0 Å². The number of nitrogens with zero attached hydrogens (tertiary/aromatic N) is 1. The Hall–Kier alpha value is -2.42. The van der Waals surface area contributed by atoms with Gasteiger partial charge in [-0.1, -0.05) is 24.3 Å². The molecule has 3 nitrogen and oxygen atoms in total. The standard InChI is InChI=1S/C16H13NO2/c1-10-9-11(7-8-17(10)2)14-15(18)12-5-3-4-6-13(12)16(14)19/h3-9H,1-2H3. The van der Waals surface area contributed by atoms with E-state index in [-0.39, 0.29) is 17.1 Å². The molecule has 2 aliphatic rings. The molecule has 0 bridgehead atoms. The van der Waals surface area contributed by atoms with Crippen molar-refractivity contribution in [1.82, 2.24) is 4.90 Å². The Morgan fingerprint density at radius 2 is 1.58 bits per heavy atom. The van der Waals surface area contributed by atoms with Gasteiger partial charge in [-0.3, -0.25) is 9.59 Å². The Morgan fingerprint density at radius 3 is 2.11 bits per heavy atom. The number of fused-ring (bicyclic) bond motifs is 1. The highest BCUT2D eigenvalue weighted by Gasteiger charge is 2.34. The maximum atomic E-state index is 12.3. The van der Waals surface area contributed by atoms with Gasteiger partial charge < -0.3 is 4.90 Å². The fourth-order valence-corrected chi connectivity index (χ4v) is 2.35. The Kier molecular flexibility index (Phi) is 2.49. The summed E-state index contributed by atoms with van der Waals surface area (Å²) in [4.78, 5) is 26.6. The first-order valence-corrected chi connectivity index (χ1v) is 6.11. The molecule has 0 N–H and O–H groups in total. The zero-order valence-electron chi connectivity index (χ0n) is 10.8. The van der Waals surface area contributed by atoms with Gasteiger partial charge in [0.1, 0.15) is 0 Å². The number of carbonyl (C=O) groups excluding carboxylic acids is 2. The van der Waals surface area contributed by atoms with Crippen molar-refractivity contribution in [2.45, 2.75) is 6.92 Å². The summed E-state index contributed by atoms with van der Waals surface area (Å²) in [7, 11) is 1.93. The van der Waals surface area contributed by atoms with Crippen LogP contribution in [0, 0.1) is 0 Å². The van der Waals surface area contributed by atoms with Crippen LogP contribution in [0.1, 0.15) is 27.6 Å². The maximum absolute atomic E-state index is 12.3. The second-order valence-corrected chi connectivity index (χ2v) is 4.75. The average molecular weight is 251 g/mol. The van der Waals surface area contributed by atoms with Gasteiger partial charge in [0.25, 0.3) is 0 Å². The average Bonchev–Trinajstić information content (AvgIpc) is 2.66. The zero-order valence-corrected chi connectivity index (χ0v) is 10.8. The summed E-state index contributed by atoms with van der Waals surface area (Å²) in [6.07, 6.45) is 5.54. The van der Waals surface area contributed by atoms with Crippen LogP contribution >= 0.6 is 0 Å². The monoisotopic (exact) mass is 251 g/mol. The van der Waals surface area contributed by atoms with Crippen LogP contribution in [-0.4, -0.2) is 23.5 Å². The second kappa shape index (κ2) is 4.05. The van der Waals surface area contributed by atoms with Gasteiger partial charge in [0, 0.05) is 30.1 Å². The van der Waals surface area contributed by atoms with E-state index in [4.69, 9.17) is 0 Å². The highest BCUT2D eigenvalue weighted by Crippen LogP contribution is 2.30. The number of allylic oxidation sites excluding steroid dienone is 5. The number of rotatable bonds is 0. The van der Waals surface area contributed by atoms with Gasteiger partial charge in [0.05, 0.1) is 5.57 Å². The molecule has 0 saturated carbocycles. The topological polar surface area (TPSA) is 37.4 Å². The second-order valence-electron chi connectivity index (χ2n) is 4.75. The van der Waals surface area contributed by atoms with Crippen molar-refractivity contribution in [2.24, 2.45) is 0 Å². The predicted octanol–water partition coefficient (Wildman–Crippen LogP) is 2.73. The first kappa shape index (κ1) is 11.7. The molecule has 0 spiro atoms. The van der Waals surface area contributed by atoms with E-state index in [9.17, 15) is 9.59 Å². The third-order valence-corrected chi connectivity index (χ3v) is 3.56. The van der Waals surface area contributed by atoms with Crippen molar-refractivity contribution < 1.29 is 9.59 Å². The molecule has 1 aromatic rings. The highest BCUT2D eigenvalue weighted by atomic mass is 16.2. The fourth-order valence-electron chi connectivity index (χ4n) is 2.35. The van der Waals surface area contributed by atoms with E-state index < -0.39 is 0 Å². The zero-order chi connectivity index (χ0) is 13.6. The van der Waals surface area contributed by atoms with Crippen molar-refractivity contribution in [3.05, 3.63) is 70.6 Å². The van der Waals surface area contributed by atoms with E-state index in [1.807, 2.05) is 37.2 Å². The third-order valence-electron chi connectivity index (χ3n) is 3.56. The summed E-state index contributed by atoms with van der Waals surface area (Å²) < 4.78 is 0. The summed E-state index contributed by atoms with van der Waals surface area (Å²) in [5, 5.41) is 0. The maximum Gasteiger partial charge on any atom is 0.198 e. The van der Waals surface area contributed by atoms with Crippen LogP contribution in [0.25, 0.3) is 0 Å². The third kappa shape index (κ3) is 1.66. The normalized spacial score (nSPS) is 18.0. The molecule has 1 aliphatic carbocycles. The number of Topliss-reactive ketones (excluding diaryl/α,β-unsaturated/α-hetero) is 2. The van der Waals surface area contributed by atoms with E-state index >= 15 is 0 Å². The minimum atomic E-state index is -0.172. The van der Waals surface area contributed by atoms with E-state index in [0.717, 1.165) is 5.70 Å². The molecular formula is C16H13NO2. The van der Waals surface area contributed by atoms with Gasteiger partial charge in [-0.05, 0) is 24.6 Å². The summed E-state index contributed by atoms with van der Waals surface area (Å²) in [5.41, 5.74) is 3.00. The lowest BCUT2D eigenvalue weighted by atomic mass is 10.0. The Morgan fingerprint density at radius 1 is 1.00 bits per heavy atom. The largest absolute Gasteiger partial charge is 0.355 e. The van der Waals surface area contributed by atoms with Crippen molar-refractivity contribution in [2.75, 3.05) is 7.05 Å². The van der Waals surface area contributed by atoms with Crippen LogP contribution in [0.2, 0.25) is 0 Å². The number of hydrogen-bond acceptors (Lipinski definition) is 3. The molecule has 19 heavy (non-hydrogen) atoms. The van der Waals surface area contributed by atoms with Crippen LogP contribution in [0.5, 0.6) is 0 Å². The predicted molar refractivity (Wildman–Crippen MR) is 72.8 cm³/mol. The van der Waals surface area contributed by atoms with Gasteiger partial charge in [-0.2, -0.15) is 0 Å². The number of carbonyl (C=O) groups is 2. The molecule has 0 radical (unpaired) electrons. The minimum Gasteiger partial charge on any atom is -0.355 e. The van der Waals surface area contributed by atoms with Crippen LogP contribution in [0.3, 0.4) is 0 Å². The lowest BCUT2D eigenvalue weighted by Gasteiger charge is -2.19. The molecular weight excluding hydrogens is 238 g/mol.